The van der Waals surface area contributed by atoms with Crippen LogP contribution < -0.4 is 10.5 Å². The first kappa shape index (κ1) is 26.1. The number of aromatic amines is 1. The van der Waals surface area contributed by atoms with Gasteiger partial charge in [-0.15, -0.1) is 5.10 Å². The number of piperidine rings is 1. The van der Waals surface area contributed by atoms with Crippen LogP contribution in [0.1, 0.15) is 47.9 Å². The Labute approximate surface area is 240 Å². The molecule has 3 atom stereocenters. The first-order chi connectivity index (χ1) is 20.2. The second-order valence-corrected chi connectivity index (χ2v) is 12.8. The molecule has 5 aromatic rings. The van der Waals surface area contributed by atoms with Crippen molar-refractivity contribution in [2.75, 3.05) is 12.0 Å². The number of nitrogen functional groups attached to an aromatic ring is 1. The monoisotopic (exact) mass is 585 g/mol. The maximum absolute atomic E-state index is 13.1. The minimum Gasteiger partial charge on any atom is -0.618 e. The molecule has 3 N–H and O–H groups in total. The molecule has 1 amide bonds. The van der Waals surface area contributed by atoms with Gasteiger partial charge in [0.15, 0.2) is 21.7 Å². The fourth-order valence-corrected chi connectivity index (χ4v) is 7.57. The third-order valence-corrected chi connectivity index (χ3v) is 9.45. The number of nitrogens with one attached hydrogen (secondary N) is 1. The van der Waals surface area contributed by atoms with E-state index in [2.05, 4.69) is 20.3 Å². The van der Waals surface area contributed by atoms with Crippen LogP contribution in [0.25, 0.3) is 28.0 Å². The van der Waals surface area contributed by atoms with Gasteiger partial charge in [0.2, 0.25) is 11.5 Å². The topological polar surface area (TPSA) is 179 Å². The van der Waals surface area contributed by atoms with Crippen molar-refractivity contribution in [1.82, 2.24) is 34.7 Å². The first-order valence-corrected chi connectivity index (χ1v) is 15.4. The SMILES string of the molecule is CS(=O)(=O)c1c([C@H]2C[C@H]3CC[C@@H](C2)N3C(=O)c2nc[nH]n2)nc2c(-c3ccc(-c4ccccc4)[n+]([O-])c3)cnn2c1N. The van der Waals surface area contributed by atoms with Crippen LogP contribution in [-0.4, -0.2) is 67.3 Å². The van der Waals surface area contributed by atoms with Crippen LogP contribution in [0.4, 0.5) is 5.82 Å². The van der Waals surface area contributed by atoms with Crippen LogP contribution in [0.15, 0.2) is 66.1 Å². The van der Waals surface area contributed by atoms with Crippen LogP contribution in [-0.2, 0) is 9.84 Å². The lowest BCUT2D eigenvalue weighted by Gasteiger charge is -2.38. The molecule has 214 valence electrons. The normalized spacial score (nSPS) is 20.3. The van der Waals surface area contributed by atoms with Gasteiger partial charge in [0.1, 0.15) is 17.0 Å². The second kappa shape index (κ2) is 9.62. The summed E-state index contributed by atoms with van der Waals surface area (Å²) >= 11 is 0. The third kappa shape index (κ3) is 4.17. The number of fused-ring (bicyclic) bond motifs is 3. The van der Waals surface area contributed by atoms with Crippen LogP contribution in [0, 0.1) is 5.21 Å². The number of carbonyl (C=O) groups excluding carboxylic acids is 1. The number of nitrogens with zero attached hydrogens (tertiary/aromatic N) is 7. The van der Waals surface area contributed by atoms with Gasteiger partial charge >= 0.3 is 0 Å². The zero-order valence-corrected chi connectivity index (χ0v) is 23.4. The Hall–Kier alpha value is -4.85. The van der Waals surface area contributed by atoms with Crippen molar-refractivity contribution >= 4 is 27.2 Å². The molecule has 4 aromatic heterocycles. The predicted octanol–water partition coefficient (Wildman–Crippen LogP) is 2.35. The molecule has 2 bridgehead atoms. The van der Waals surface area contributed by atoms with Crippen LogP contribution >= 0.6 is 0 Å². The zero-order chi connectivity index (χ0) is 29.2. The largest absolute Gasteiger partial charge is 0.618 e. The van der Waals surface area contributed by atoms with Gasteiger partial charge in [-0.2, -0.15) is 14.3 Å². The van der Waals surface area contributed by atoms with Gasteiger partial charge in [0.05, 0.1) is 23.0 Å². The van der Waals surface area contributed by atoms with Crippen LogP contribution in [0.3, 0.4) is 0 Å². The van der Waals surface area contributed by atoms with E-state index in [0.717, 1.165) is 29.4 Å². The fourth-order valence-electron chi connectivity index (χ4n) is 6.51. The van der Waals surface area contributed by atoms with E-state index >= 15 is 0 Å². The van der Waals surface area contributed by atoms with Crippen LogP contribution in [0.2, 0.25) is 0 Å². The highest BCUT2D eigenvalue weighted by Gasteiger charge is 2.46. The quantitative estimate of drug-likeness (QED) is 0.231. The Morgan fingerprint density at radius 2 is 1.83 bits per heavy atom. The molecule has 0 spiro atoms. The summed E-state index contributed by atoms with van der Waals surface area (Å²) in [5.41, 5.74) is 9.59. The molecule has 1 aromatic carbocycles. The van der Waals surface area contributed by atoms with Gasteiger partial charge in [-0.25, -0.2) is 18.4 Å². The number of pyridine rings is 1. The number of hydrogen-bond acceptors (Lipinski definition) is 9. The Bertz CT molecular complexity index is 1930. The van der Waals surface area contributed by atoms with Gasteiger partial charge in [-0.05, 0) is 43.9 Å². The fraction of sp³-hybridized carbons (Fsp3) is 0.286. The minimum absolute atomic E-state index is 0.0359. The molecular formula is C28H27N9O4S. The summed E-state index contributed by atoms with van der Waals surface area (Å²) in [5.74, 6) is -0.422. The number of carbonyl (C=O) groups is 1. The van der Waals surface area contributed by atoms with E-state index in [0.29, 0.717) is 41.0 Å². The molecule has 2 aliphatic heterocycles. The summed E-state index contributed by atoms with van der Waals surface area (Å²) in [6.07, 6.45) is 8.09. The van der Waals surface area contributed by atoms with Crippen molar-refractivity contribution in [1.29, 1.82) is 0 Å². The number of rotatable bonds is 5. The van der Waals surface area contributed by atoms with Crippen molar-refractivity contribution in [3.63, 3.8) is 0 Å². The maximum Gasteiger partial charge on any atom is 0.294 e. The van der Waals surface area contributed by atoms with E-state index in [1.54, 1.807) is 6.07 Å². The summed E-state index contributed by atoms with van der Waals surface area (Å²) in [5, 5.41) is 23.9. The van der Waals surface area contributed by atoms with E-state index in [9.17, 15) is 18.4 Å². The molecule has 2 fully saturated rings. The van der Waals surface area contributed by atoms with Crippen molar-refractivity contribution in [2.24, 2.45) is 0 Å². The number of anilines is 1. The average molecular weight is 586 g/mol. The van der Waals surface area contributed by atoms with Crippen molar-refractivity contribution in [3.8, 4) is 22.4 Å². The molecule has 2 saturated heterocycles. The summed E-state index contributed by atoms with van der Waals surface area (Å²) in [4.78, 5) is 23.8. The highest BCUT2D eigenvalue weighted by molar-refractivity contribution is 7.91. The van der Waals surface area contributed by atoms with Crippen molar-refractivity contribution < 1.29 is 17.9 Å². The van der Waals surface area contributed by atoms with E-state index in [4.69, 9.17) is 10.7 Å². The summed E-state index contributed by atoms with van der Waals surface area (Å²) < 4.78 is 28.2. The van der Waals surface area contributed by atoms with E-state index < -0.39 is 9.84 Å². The standard InChI is InChI=1S/C28H27N9O4S/c1-42(40,41)24-23(18-11-19-8-9-20(12-18)36(19)28(38)26-30-15-31-34-26)33-27-21(13-32-37(27)25(24)29)17-7-10-22(35(39)14-17)16-5-3-2-4-6-16/h2-7,10,13-15,18-20H,8-9,11-12,29H2,1H3,(H,30,31,34)/t18-,19+,20-. The van der Waals surface area contributed by atoms with Gasteiger partial charge in [-0.3, -0.25) is 9.89 Å². The number of H-pyrrole nitrogens is 1. The number of sulfone groups is 1. The Balaban J connectivity index is 1.30. The molecule has 0 saturated carbocycles. The van der Waals surface area contributed by atoms with E-state index in [1.165, 1.54) is 23.2 Å². The molecule has 0 radical (unpaired) electrons. The molecule has 2 aliphatic rings. The number of nitrogens with two attached hydrogens (primary N) is 1. The lowest BCUT2D eigenvalue weighted by atomic mass is 9.87. The Kier molecular flexibility index (Phi) is 5.97. The Morgan fingerprint density at radius 3 is 2.48 bits per heavy atom. The third-order valence-electron chi connectivity index (χ3n) is 8.29. The molecule has 42 heavy (non-hydrogen) atoms. The van der Waals surface area contributed by atoms with Crippen molar-refractivity contribution in [2.45, 2.75) is 48.6 Å². The van der Waals surface area contributed by atoms with Gasteiger partial charge in [0.25, 0.3) is 5.91 Å². The van der Waals surface area contributed by atoms with Gasteiger partial charge < -0.3 is 15.8 Å². The van der Waals surface area contributed by atoms with E-state index in [1.807, 2.05) is 41.3 Å². The average Bonchev–Trinajstić information content (AvgIpc) is 3.71. The molecule has 7 rings (SSSR count). The number of amides is 1. The minimum atomic E-state index is -3.79. The lowest BCUT2D eigenvalue weighted by molar-refractivity contribution is -0.593. The maximum atomic E-state index is 13.1. The molecule has 13 nitrogen and oxygen atoms in total. The molecular weight excluding hydrogens is 558 g/mol. The number of hydrogen-bond donors (Lipinski definition) is 2. The second-order valence-electron chi connectivity index (χ2n) is 10.9. The number of benzene rings is 1. The summed E-state index contributed by atoms with van der Waals surface area (Å²) in [6.45, 7) is 0. The molecule has 14 heteroatoms. The van der Waals surface area contributed by atoms with Gasteiger partial charge in [-0.1, -0.05) is 18.2 Å². The molecule has 6 heterocycles. The highest BCUT2D eigenvalue weighted by Crippen LogP contribution is 2.45. The zero-order valence-electron chi connectivity index (χ0n) is 22.6. The molecule has 0 aliphatic carbocycles. The van der Waals surface area contributed by atoms with E-state index in [-0.39, 0.29) is 40.4 Å². The summed E-state index contributed by atoms with van der Waals surface area (Å²) in [7, 11) is -3.79. The highest BCUT2D eigenvalue weighted by atomic mass is 32.2. The van der Waals surface area contributed by atoms with Crippen molar-refractivity contribution in [3.05, 3.63) is 77.9 Å². The Morgan fingerprint density at radius 1 is 1.10 bits per heavy atom. The lowest BCUT2D eigenvalue weighted by Crippen LogP contribution is -2.46. The molecule has 0 unspecified atom stereocenters. The summed E-state index contributed by atoms with van der Waals surface area (Å²) in [6, 6.07) is 12.6. The first-order valence-electron chi connectivity index (χ1n) is 13.6. The smallest absolute Gasteiger partial charge is 0.294 e. The van der Waals surface area contributed by atoms with Crippen LogP contribution in [0.5, 0.6) is 0 Å². The number of aromatic nitrogens is 7. The van der Waals surface area contributed by atoms with Gasteiger partial charge in [0, 0.05) is 35.9 Å². The predicted molar refractivity (Wildman–Crippen MR) is 152 cm³/mol.